The molecule has 0 saturated carbocycles. The van der Waals surface area contributed by atoms with Gasteiger partial charge in [-0.25, -0.2) is 0 Å². The first kappa shape index (κ1) is 19.4. The minimum absolute atomic E-state index is 0.183. The van der Waals surface area contributed by atoms with Crippen LogP contribution in [-0.2, 0) is 0 Å². The lowest BCUT2D eigenvalue weighted by Gasteiger charge is -2.19. The van der Waals surface area contributed by atoms with Crippen LogP contribution in [0.15, 0.2) is 68.2 Å². The standard InChI is InChI=1S/C20H16Br2N2O3/c1-12-11-13(7-8-15(12)21)23-19(25)14-5-3-4-6-16(14)24(2)20(26)17-9-10-18(22)27-17/h3-11H,1-2H3,(H,23,25). The molecule has 0 aliphatic rings. The zero-order valence-corrected chi connectivity index (χ0v) is 17.8. The Labute approximate surface area is 173 Å². The van der Waals surface area contributed by atoms with Crippen molar-refractivity contribution in [1.29, 1.82) is 0 Å². The summed E-state index contributed by atoms with van der Waals surface area (Å²) in [5, 5.41) is 2.88. The van der Waals surface area contributed by atoms with E-state index in [0.717, 1.165) is 10.0 Å². The topological polar surface area (TPSA) is 62.6 Å². The number of furan rings is 1. The first-order valence-electron chi connectivity index (χ1n) is 8.06. The predicted molar refractivity (Wildman–Crippen MR) is 112 cm³/mol. The minimum atomic E-state index is -0.347. The van der Waals surface area contributed by atoms with Crippen molar-refractivity contribution >= 4 is 55.0 Å². The SMILES string of the molecule is Cc1cc(NC(=O)c2ccccc2N(C)C(=O)c2ccc(Br)o2)ccc1Br. The van der Waals surface area contributed by atoms with Crippen molar-refractivity contribution in [3.8, 4) is 0 Å². The van der Waals surface area contributed by atoms with Gasteiger partial charge in [-0.15, -0.1) is 0 Å². The Morgan fingerprint density at radius 3 is 2.44 bits per heavy atom. The van der Waals surface area contributed by atoms with Gasteiger partial charge in [0.1, 0.15) is 0 Å². The van der Waals surface area contributed by atoms with E-state index in [1.807, 2.05) is 25.1 Å². The van der Waals surface area contributed by atoms with E-state index in [4.69, 9.17) is 4.42 Å². The number of anilines is 2. The largest absolute Gasteiger partial charge is 0.444 e. The average molecular weight is 492 g/mol. The maximum atomic E-state index is 12.8. The van der Waals surface area contributed by atoms with Crippen LogP contribution in [-0.4, -0.2) is 18.9 Å². The fourth-order valence-electron chi connectivity index (χ4n) is 2.58. The van der Waals surface area contributed by atoms with Gasteiger partial charge in [-0.3, -0.25) is 9.59 Å². The highest BCUT2D eigenvalue weighted by Crippen LogP contribution is 2.25. The summed E-state index contributed by atoms with van der Waals surface area (Å²) >= 11 is 6.63. The maximum absolute atomic E-state index is 12.8. The fraction of sp³-hybridized carbons (Fsp3) is 0.100. The zero-order chi connectivity index (χ0) is 19.6. The van der Waals surface area contributed by atoms with Gasteiger partial charge < -0.3 is 14.6 Å². The summed E-state index contributed by atoms with van der Waals surface area (Å²) in [5.74, 6) is -0.462. The van der Waals surface area contributed by atoms with Gasteiger partial charge in [0.25, 0.3) is 11.8 Å². The number of aryl methyl sites for hydroxylation is 1. The number of nitrogens with one attached hydrogen (secondary N) is 1. The monoisotopic (exact) mass is 490 g/mol. The summed E-state index contributed by atoms with van der Waals surface area (Å²) in [7, 11) is 1.61. The minimum Gasteiger partial charge on any atom is -0.444 e. The summed E-state index contributed by atoms with van der Waals surface area (Å²) in [6, 6.07) is 15.7. The molecular weight excluding hydrogens is 476 g/mol. The van der Waals surface area contributed by atoms with Gasteiger partial charge in [-0.1, -0.05) is 28.1 Å². The predicted octanol–water partition coefficient (Wildman–Crippen LogP) is 5.64. The molecule has 0 atom stereocenters. The van der Waals surface area contributed by atoms with Crippen LogP contribution >= 0.6 is 31.9 Å². The molecule has 3 aromatic rings. The molecule has 0 bridgehead atoms. The van der Waals surface area contributed by atoms with Crippen molar-refractivity contribution in [3.05, 3.63) is 80.6 Å². The van der Waals surface area contributed by atoms with Gasteiger partial charge in [0.05, 0.1) is 11.3 Å². The van der Waals surface area contributed by atoms with Gasteiger partial charge in [-0.2, -0.15) is 0 Å². The van der Waals surface area contributed by atoms with Crippen LogP contribution in [0, 0.1) is 6.92 Å². The molecule has 1 heterocycles. The Morgan fingerprint density at radius 2 is 1.78 bits per heavy atom. The molecule has 0 spiro atoms. The quantitative estimate of drug-likeness (QED) is 0.513. The number of carbonyl (C=O) groups excluding carboxylic acids is 2. The molecule has 3 rings (SSSR count). The lowest BCUT2D eigenvalue weighted by Crippen LogP contribution is -2.28. The van der Waals surface area contributed by atoms with Crippen molar-refractivity contribution in [2.45, 2.75) is 6.92 Å². The van der Waals surface area contributed by atoms with Crippen molar-refractivity contribution in [2.24, 2.45) is 0 Å². The molecule has 0 radical (unpaired) electrons. The molecule has 2 aromatic carbocycles. The van der Waals surface area contributed by atoms with Crippen molar-refractivity contribution in [1.82, 2.24) is 0 Å². The Balaban J connectivity index is 1.87. The number of hydrogen-bond donors (Lipinski definition) is 1. The molecule has 0 saturated heterocycles. The number of nitrogens with zero attached hydrogens (tertiary/aromatic N) is 1. The second-order valence-electron chi connectivity index (χ2n) is 5.90. The molecule has 138 valence electrons. The van der Waals surface area contributed by atoms with E-state index >= 15 is 0 Å². The number of halogens is 2. The smallest absolute Gasteiger partial charge is 0.293 e. The van der Waals surface area contributed by atoms with Crippen LogP contribution in [0.5, 0.6) is 0 Å². The number of para-hydroxylation sites is 1. The lowest BCUT2D eigenvalue weighted by molar-refractivity contribution is 0.0965. The van der Waals surface area contributed by atoms with Gasteiger partial charge in [0.2, 0.25) is 0 Å². The normalized spacial score (nSPS) is 10.5. The highest BCUT2D eigenvalue weighted by molar-refractivity contribution is 9.10. The summed E-state index contributed by atoms with van der Waals surface area (Å²) in [6.45, 7) is 1.95. The molecule has 0 fully saturated rings. The van der Waals surface area contributed by atoms with E-state index in [2.05, 4.69) is 37.2 Å². The zero-order valence-electron chi connectivity index (χ0n) is 14.6. The van der Waals surface area contributed by atoms with E-state index in [9.17, 15) is 9.59 Å². The molecule has 7 heteroatoms. The van der Waals surface area contributed by atoms with Crippen molar-refractivity contribution in [2.75, 3.05) is 17.3 Å². The Morgan fingerprint density at radius 1 is 1.04 bits per heavy atom. The second kappa shape index (κ2) is 8.10. The molecule has 1 aromatic heterocycles. The van der Waals surface area contributed by atoms with E-state index in [-0.39, 0.29) is 17.6 Å². The molecular formula is C20H16Br2N2O3. The number of hydrogen-bond acceptors (Lipinski definition) is 3. The second-order valence-corrected chi connectivity index (χ2v) is 7.54. The highest BCUT2D eigenvalue weighted by Gasteiger charge is 2.22. The molecule has 27 heavy (non-hydrogen) atoms. The van der Waals surface area contributed by atoms with Crippen LogP contribution in [0.3, 0.4) is 0 Å². The third-order valence-corrected chi connectivity index (χ3v) is 5.33. The van der Waals surface area contributed by atoms with Crippen molar-refractivity contribution < 1.29 is 14.0 Å². The third kappa shape index (κ3) is 4.31. The molecule has 1 N–H and O–H groups in total. The highest BCUT2D eigenvalue weighted by atomic mass is 79.9. The Hall–Kier alpha value is -2.38. The number of amides is 2. The van der Waals surface area contributed by atoms with Gasteiger partial charge in [-0.05, 0) is 70.9 Å². The number of rotatable bonds is 4. The summed E-state index contributed by atoms with van der Waals surface area (Å²) < 4.78 is 6.77. The Kier molecular flexibility index (Phi) is 5.82. The van der Waals surface area contributed by atoms with Crippen LogP contribution in [0.2, 0.25) is 0 Å². The summed E-state index contributed by atoms with van der Waals surface area (Å²) in [4.78, 5) is 26.9. The van der Waals surface area contributed by atoms with Crippen LogP contribution < -0.4 is 10.2 Å². The third-order valence-electron chi connectivity index (χ3n) is 4.01. The van der Waals surface area contributed by atoms with Crippen LogP contribution in [0.1, 0.15) is 26.5 Å². The molecule has 2 amide bonds. The van der Waals surface area contributed by atoms with Gasteiger partial charge >= 0.3 is 0 Å². The van der Waals surface area contributed by atoms with Gasteiger partial charge in [0.15, 0.2) is 10.4 Å². The fourth-order valence-corrected chi connectivity index (χ4v) is 3.14. The average Bonchev–Trinajstić information content (AvgIpc) is 3.10. The van der Waals surface area contributed by atoms with E-state index in [1.54, 1.807) is 43.4 Å². The summed E-state index contributed by atoms with van der Waals surface area (Å²) in [5.41, 5.74) is 2.57. The van der Waals surface area contributed by atoms with E-state index in [0.29, 0.717) is 21.6 Å². The van der Waals surface area contributed by atoms with Crippen molar-refractivity contribution in [3.63, 3.8) is 0 Å². The summed E-state index contributed by atoms with van der Waals surface area (Å²) in [6.07, 6.45) is 0. The van der Waals surface area contributed by atoms with E-state index < -0.39 is 0 Å². The molecule has 5 nitrogen and oxygen atoms in total. The Bertz CT molecular complexity index is 1010. The van der Waals surface area contributed by atoms with Gasteiger partial charge in [0, 0.05) is 17.2 Å². The maximum Gasteiger partial charge on any atom is 0.293 e. The lowest BCUT2D eigenvalue weighted by atomic mass is 10.1. The number of benzene rings is 2. The van der Waals surface area contributed by atoms with E-state index in [1.165, 1.54) is 4.90 Å². The van der Waals surface area contributed by atoms with Crippen LogP contribution in [0.4, 0.5) is 11.4 Å². The first-order valence-corrected chi connectivity index (χ1v) is 9.65. The molecule has 0 aliphatic heterocycles. The molecule has 0 unspecified atom stereocenters. The molecule has 0 aliphatic carbocycles. The first-order chi connectivity index (χ1) is 12.9. The van der Waals surface area contributed by atoms with Crippen LogP contribution in [0.25, 0.3) is 0 Å². The number of carbonyl (C=O) groups is 2.